The van der Waals surface area contributed by atoms with Crippen LogP contribution < -0.4 is 0 Å². The first-order valence-electron chi connectivity index (χ1n) is 5.37. The van der Waals surface area contributed by atoms with Crippen LogP contribution in [0, 0.1) is 0 Å². The highest BCUT2D eigenvalue weighted by Gasteiger charge is 2.08. The second-order valence-electron chi connectivity index (χ2n) is 3.82. The number of aromatic nitrogens is 3. The zero-order valence-electron chi connectivity index (χ0n) is 9.32. The molecule has 3 rings (SSSR count). The number of imidazole rings is 1. The topological polar surface area (TPSA) is 67.5 Å². The standard InChI is InChI=1S/C13H9N3O2/c17-12(18)10-4-1-3-9(7-10)11-8-15-13-14-5-2-6-16(11)13/h1-8H,(H,17,18). The summed E-state index contributed by atoms with van der Waals surface area (Å²) in [7, 11) is 0. The van der Waals surface area contributed by atoms with Crippen LogP contribution >= 0.6 is 0 Å². The summed E-state index contributed by atoms with van der Waals surface area (Å²) in [6.07, 6.45) is 5.20. The fourth-order valence-corrected chi connectivity index (χ4v) is 1.85. The van der Waals surface area contributed by atoms with Crippen molar-refractivity contribution >= 4 is 11.7 Å². The highest BCUT2D eigenvalue weighted by atomic mass is 16.4. The quantitative estimate of drug-likeness (QED) is 0.743. The van der Waals surface area contributed by atoms with Crippen LogP contribution in [-0.2, 0) is 0 Å². The van der Waals surface area contributed by atoms with E-state index in [0.29, 0.717) is 5.78 Å². The zero-order chi connectivity index (χ0) is 12.5. The van der Waals surface area contributed by atoms with Gasteiger partial charge < -0.3 is 5.11 Å². The summed E-state index contributed by atoms with van der Waals surface area (Å²) in [5, 5.41) is 8.99. The molecular formula is C13H9N3O2. The van der Waals surface area contributed by atoms with E-state index < -0.39 is 5.97 Å². The van der Waals surface area contributed by atoms with E-state index in [-0.39, 0.29) is 5.56 Å². The van der Waals surface area contributed by atoms with E-state index >= 15 is 0 Å². The van der Waals surface area contributed by atoms with Gasteiger partial charge in [-0.1, -0.05) is 12.1 Å². The fourth-order valence-electron chi connectivity index (χ4n) is 1.85. The van der Waals surface area contributed by atoms with Crippen molar-refractivity contribution in [3.63, 3.8) is 0 Å². The van der Waals surface area contributed by atoms with Gasteiger partial charge in [0.05, 0.1) is 17.5 Å². The van der Waals surface area contributed by atoms with Gasteiger partial charge in [0.15, 0.2) is 0 Å². The number of rotatable bonds is 2. The number of hydrogen-bond acceptors (Lipinski definition) is 3. The summed E-state index contributed by atoms with van der Waals surface area (Å²) < 4.78 is 1.82. The van der Waals surface area contributed by atoms with Gasteiger partial charge in [-0.15, -0.1) is 0 Å². The molecule has 1 N–H and O–H groups in total. The van der Waals surface area contributed by atoms with Gasteiger partial charge in [0.2, 0.25) is 5.78 Å². The Morgan fingerprint density at radius 1 is 1.22 bits per heavy atom. The van der Waals surface area contributed by atoms with Crippen molar-refractivity contribution < 1.29 is 9.90 Å². The molecule has 0 spiro atoms. The van der Waals surface area contributed by atoms with Gasteiger partial charge in [0, 0.05) is 18.0 Å². The van der Waals surface area contributed by atoms with Crippen molar-refractivity contribution in [1.82, 2.24) is 14.4 Å². The van der Waals surface area contributed by atoms with Gasteiger partial charge >= 0.3 is 5.97 Å². The Hall–Kier alpha value is -2.69. The SMILES string of the molecule is O=C(O)c1cccc(-c2cnc3ncccn23)c1. The van der Waals surface area contributed by atoms with E-state index in [4.69, 9.17) is 5.11 Å². The number of aromatic carboxylic acids is 1. The molecule has 0 saturated carbocycles. The van der Waals surface area contributed by atoms with Gasteiger partial charge in [-0.25, -0.2) is 14.8 Å². The predicted molar refractivity (Wildman–Crippen MR) is 65.4 cm³/mol. The lowest BCUT2D eigenvalue weighted by Crippen LogP contribution is -1.96. The molecule has 0 saturated heterocycles. The number of fused-ring (bicyclic) bond motifs is 1. The molecule has 0 atom stereocenters. The van der Waals surface area contributed by atoms with Gasteiger partial charge in [-0.2, -0.15) is 0 Å². The Labute approximate surface area is 102 Å². The second kappa shape index (κ2) is 3.96. The van der Waals surface area contributed by atoms with Crippen LogP contribution in [0.2, 0.25) is 0 Å². The maximum atomic E-state index is 11.0. The summed E-state index contributed by atoms with van der Waals surface area (Å²) in [4.78, 5) is 19.2. The lowest BCUT2D eigenvalue weighted by molar-refractivity contribution is 0.0697. The van der Waals surface area contributed by atoms with Crippen molar-refractivity contribution in [2.45, 2.75) is 0 Å². The monoisotopic (exact) mass is 239 g/mol. The van der Waals surface area contributed by atoms with Crippen LogP contribution in [-0.4, -0.2) is 25.4 Å². The normalized spacial score (nSPS) is 10.7. The Morgan fingerprint density at radius 2 is 2.11 bits per heavy atom. The molecule has 0 aliphatic heterocycles. The number of carbonyl (C=O) groups is 1. The summed E-state index contributed by atoms with van der Waals surface area (Å²) in [5.41, 5.74) is 1.88. The molecule has 0 unspecified atom stereocenters. The molecule has 0 aliphatic rings. The number of hydrogen-bond donors (Lipinski definition) is 1. The van der Waals surface area contributed by atoms with Gasteiger partial charge in [0.25, 0.3) is 0 Å². The highest BCUT2D eigenvalue weighted by molar-refractivity contribution is 5.89. The minimum absolute atomic E-state index is 0.256. The summed E-state index contributed by atoms with van der Waals surface area (Å²) in [5.74, 6) is -0.350. The van der Waals surface area contributed by atoms with E-state index in [1.54, 1.807) is 36.7 Å². The Morgan fingerprint density at radius 3 is 2.94 bits per heavy atom. The third-order valence-electron chi connectivity index (χ3n) is 2.69. The number of carboxylic acid groups (broad SMARTS) is 1. The van der Waals surface area contributed by atoms with E-state index in [0.717, 1.165) is 11.3 Å². The summed E-state index contributed by atoms with van der Waals surface area (Å²) in [6.45, 7) is 0. The molecule has 0 fully saturated rings. The molecule has 0 aliphatic carbocycles. The van der Waals surface area contributed by atoms with Gasteiger partial charge in [0.1, 0.15) is 0 Å². The Kier molecular flexibility index (Phi) is 2.30. The van der Waals surface area contributed by atoms with E-state index in [1.807, 2.05) is 16.7 Å². The number of benzene rings is 1. The molecule has 88 valence electrons. The molecule has 18 heavy (non-hydrogen) atoms. The molecule has 2 aromatic heterocycles. The lowest BCUT2D eigenvalue weighted by Gasteiger charge is -2.02. The average Bonchev–Trinajstić information content (AvgIpc) is 2.82. The van der Waals surface area contributed by atoms with Gasteiger partial charge in [-0.3, -0.25) is 4.40 Å². The molecule has 5 heteroatoms. The van der Waals surface area contributed by atoms with E-state index in [1.165, 1.54) is 0 Å². The van der Waals surface area contributed by atoms with Crippen LogP contribution in [0.25, 0.3) is 17.0 Å². The smallest absolute Gasteiger partial charge is 0.335 e. The van der Waals surface area contributed by atoms with Crippen molar-refractivity contribution in [2.75, 3.05) is 0 Å². The van der Waals surface area contributed by atoms with Crippen LogP contribution in [0.15, 0.2) is 48.9 Å². The lowest BCUT2D eigenvalue weighted by atomic mass is 10.1. The second-order valence-corrected chi connectivity index (χ2v) is 3.82. The average molecular weight is 239 g/mol. The largest absolute Gasteiger partial charge is 0.478 e. The third kappa shape index (κ3) is 1.62. The highest BCUT2D eigenvalue weighted by Crippen LogP contribution is 2.21. The molecule has 5 nitrogen and oxygen atoms in total. The van der Waals surface area contributed by atoms with E-state index in [2.05, 4.69) is 9.97 Å². The molecule has 1 aromatic carbocycles. The maximum Gasteiger partial charge on any atom is 0.335 e. The molecule has 0 radical (unpaired) electrons. The predicted octanol–water partition coefficient (Wildman–Crippen LogP) is 2.09. The van der Waals surface area contributed by atoms with Crippen molar-refractivity contribution in [3.05, 3.63) is 54.5 Å². The van der Waals surface area contributed by atoms with Crippen molar-refractivity contribution in [3.8, 4) is 11.3 Å². The first-order valence-corrected chi connectivity index (χ1v) is 5.37. The molecule has 2 heterocycles. The van der Waals surface area contributed by atoms with Crippen LogP contribution in [0.3, 0.4) is 0 Å². The number of carboxylic acids is 1. The van der Waals surface area contributed by atoms with Crippen molar-refractivity contribution in [2.24, 2.45) is 0 Å². The Bertz CT molecular complexity index is 734. The van der Waals surface area contributed by atoms with Crippen LogP contribution in [0.1, 0.15) is 10.4 Å². The maximum absolute atomic E-state index is 11.0. The minimum Gasteiger partial charge on any atom is -0.478 e. The van der Waals surface area contributed by atoms with Crippen molar-refractivity contribution in [1.29, 1.82) is 0 Å². The summed E-state index contributed by atoms with van der Waals surface area (Å²) in [6, 6.07) is 8.56. The number of nitrogens with zero attached hydrogens (tertiary/aromatic N) is 3. The van der Waals surface area contributed by atoms with Crippen LogP contribution in [0.4, 0.5) is 0 Å². The molecule has 0 amide bonds. The van der Waals surface area contributed by atoms with E-state index in [9.17, 15) is 4.79 Å². The van der Waals surface area contributed by atoms with Crippen LogP contribution in [0.5, 0.6) is 0 Å². The zero-order valence-corrected chi connectivity index (χ0v) is 9.32. The first kappa shape index (κ1) is 10.5. The van der Waals surface area contributed by atoms with Gasteiger partial charge in [-0.05, 0) is 18.2 Å². The fraction of sp³-hybridized carbons (Fsp3) is 0. The molecular weight excluding hydrogens is 230 g/mol. The minimum atomic E-state index is -0.941. The first-order chi connectivity index (χ1) is 8.75. The summed E-state index contributed by atoms with van der Waals surface area (Å²) >= 11 is 0. The molecule has 0 bridgehead atoms. The molecule has 3 aromatic rings. The Balaban J connectivity index is 2.20. The third-order valence-corrected chi connectivity index (χ3v) is 2.69.